The van der Waals surface area contributed by atoms with Gasteiger partial charge in [-0.25, -0.2) is 9.97 Å². The van der Waals surface area contributed by atoms with Crippen LogP contribution in [0, 0.1) is 0 Å². The molecule has 1 unspecified atom stereocenters. The van der Waals surface area contributed by atoms with Crippen molar-refractivity contribution in [2.45, 2.75) is 19.6 Å². The molecule has 3 heterocycles. The number of hydrogen-bond acceptors (Lipinski definition) is 6. The van der Waals surface area contributed by atoms with Gasteiger partial charge in [0.05, 0.1) is 5.69 Å². The van der Waals surface area contributed by atoms with Crippen LogP contribution < -0.4 is 4.90 Å². The van der Waals surface area contributed by atoms with Crippen molar-refractivity contribution in [3.05, 3.63) is 48.2 Å². The van der Waals surface area contributed by atoms with Gasteiger partial charge in [0.1, 0.15) is 11.9 Å². The Bertz CT molecular complexity index is 596. The van der Waals surface area contributed by atoms with E-state index in [2.05, 4.69) is 30.8 Å². The van der Waals surface area contributed by atoms with E-state index in [-0.39, 0.29) is 0 Å². The number of pyridine rings is 1. The maximum Gasteiger partial charge on any atom is 0.158 e. The molecule has 116 valence electrons. The van der Waals surface area contributed by atoms with Gasteiger partial charge in [-0.2, -0.15) is 0 Å². The first-order valence-electron chi connectivity index (χ1n) is 7.60. The molecule has 1 fully saturated rings. The summed E-state index contributed by atoms with van der Waals surface area (Å²) in [5.74, 6) is 1.37. The van der Waals surface area contributed by atoms with Crippen LogP contribution in [0.3, 0.4) is 0 Å². The van der Waals surface area contributed by atoms with Crippen molar-refractivity contribution < 1.29 is 5.11 Å². The minimum absolute atomic E-state index is 0.480. The molecule has 0 saturated carbocycles. The normalized spacial score (nSPS) is 17.5. The van der Waals surface area contributed by atoms with Gasteiger partial charge in [0, 0.05) is 45.1 Å². The Kier molecular flexibility index (Phi) is 4.60. The van der Waals surface area contributed by atoms with Crippen LogP contribution in [0.1, 0.15) is 24.5 Å². The van der Waals surface area contributed by atoms with Crippen LogP contribution in [0.15, 0.2) is 36.7 Å². The maximum absolute atomic E-state index is 9.59. The third kappa shape index (κ3) is 3.58. The summed E-state index contributed by atoms with van der Waals surface area (Å²) in [6, 6.07) is 7.93. The van der Waals surface area contributed by atoms with E-state index in [4.69, 9.17) is 0 Å². The Hall–Kier alpha value is -2.05. The molecule has 0 bridgehead atoms. The summed E-state index contributed by atoms with van der Waals surface area (Å²) in [6.07, 6.45) is 2.92. The molecular formula is C16H21N5O. The molecule has 1 aliphatic heterocycles. The molecule has 22 heavy (non-hydrogen) atoms. The van der Waals surface area contributed by atoms with Crippen molar-refractivity contribution in [1.29, 1.82) is 0 Å². The molecule has 2 aromatic rings. The van der Waals surface area contributed by atoms with E-state index in [0.717, 1.165) is 44.2 Å². The monoisotopic (exact) mass is 299 g/mol. The van der Waals surface area contributed by atoms with Crippen LogP contribution in [0.2, 0.25) is 0 Å². The topological polar surface area (TPSA) is 65.4 Å². The fourth-order valence-corrected chi connectivity index (χ4v) is 2.60. The molecule has 2 aromatic heterocycles. The first kappa shape index (κ1) is 14.9. The smallest absolute Gasteiger partial charge is 0.158 e. The fraction of sp³-hybridized carbons (Fsp3) is 0.438. The summed E-state index contributed by atoms with van der Waals surface area (Å²) >= 11 is 0. The Labute approximate surface area is 130 Å². The highest BCUT2D eigenvalue weighted by molar-refractivity contribution is 5.38. The van der Waals surface area contributed by atoms with Gasteiger partial charge in [-0.3, -0.25) is 9.88 Å². The van der Waals surface area contributed by atoms with Crippen molar-refractivity contribution >= 4 is 5.82 Å². The predicted molar refractivity (Wildman–Crippen MR) is 84.4 cm³/mol. The minimum Gasteiger partial charge on any atom is -0.385 e. The largest absolute Gasteiger partial charge is 0.385 e. The number of aromatic nitrogens is 3. The molecule has 3 rings (SSSR count). The maximum atomic E-state index is 9.59. The average Bonchev–Trinajstić information content (AvgIpc) is 2.56. The highest BCUT2D eigenvalue weighted by atomic mass is 16.3. The number of rotatable bonds is 4. The molecule has 1 saturated heterocycles. The second-order valence-corrected chi connectivity index (χ2v) is 5.53. The number of aliphatic hydroxyl groups excluding tert-OH is 1. The van der Waals surface area contributed by atoms with Gasteiger partial charge in [0.15, 0.2) is 5.82 Å². The summed E-state index contributed by atoms with van der Waals surface area (Å²) in [6.45, 7) is 6.36. The molecule has 1 aliphatic rings. The van der Waals surface area contributed by atoms with E-state index < -0.39 is 6.10 Å². The quantitative estimate of drug-likeness (QED) is 0.916. The summed E-state index contributed by atoms with van der Waals surface area (Å²) < 4.78 is 0. The van der Waals surface area contributed by atoms with Crippen LogP contribution in [-0.2, 0) is 6.54 Å². The second kappa shape index (κ2) is 6.81. The summed E-state index contributed by atoms with van der Waals surface area (Å²) in [5.41, 5.74) is 1.11. The van der Waals surface area contributed by atoms with E-state index in [1.165, 1.54) is 0 Å². The van der Waals surface area contributed by atoms with Crippen molar-refractivity contribution in [2.75, 3.05) is 31.1 Å². The van der Waals surface area contributed by atoms with E-state index >= 15 is 0 Å². The first-order chi connectivity index (χ1) is 10.7. The van der Waals surface area contributed by atoms with Crippen LogP contribution in [-0.4, -0.2) is 51.1 Å². The molecule has 6 nitrogen and oxygen atoms in total. The van der Waals surface area contributed by atoms with Crippen molar-refractivity contribution in [1.82, 2.24) is 19.9 Å². The summed E-state index contributed by atoms with van der Waals surface area (Å²) in [4.78, 5) is 17.6. The predicted octanol–water partition coefficient (Wildman–Crippen LogP) is 1.25. The third-order valence-electron chi connectivity index (χ3n) is 3.84. The lowest BCUT2D eigenvalue weighted by Gasteiger charge is -2.35. The standard InChI is InChI=1S/C16H21N5O/c1-13(22)16-18-7-5-15(19-16)21-10-8-20(9-11-21)12-14-4-2-3-6-17-14/h2-7,13,22H,8-12H2,1H3. The van der Waals surface area contributed by atoms with E-state index in [0.29, 0.717) is 5.82 Å². The fourth-order valence-electron chi connectivity index (χ4n) is 2.60. The lowest BCUT2D eigenvalue weighted by Crippen LogP contribution is -2.46. The molecule has 6 heteroatoms. The first-order valence-corrected chi connectivity index (χ1v) is 7.60. The molecule has 1 atom stereocenters. The zero-order valence-electron chi connectivity index (χ0n) is 12.8. The Balaban J connectivity index is 1.58. The van der Waals surface area contributed by atoms with Gasteiger partial charge in [-0.15, -0.1) is 0 Å². The Morgan fingerprint density at radius 2 is 1.91 bits per heavy atom. The van der Waals surface area contributed by atoms with Gasteiger partial charge in [0.25, 0.3) is 0 Å². The number of aliphatic hydroxyl groups is 1. The molecule has 0 spiro atoms. The Morgan fingerprint density at radius 1 is 1.09 bits per heavy atom. The zero-order chi connectivity index (χ0) is 15.4. The van der Waals surface area contributed by atoms with E-state index in [1.54, 1.807) is 13.1 Å². The lowest BCUT2D eigenvalue weighted by atomic mass is 10.2. The molecule has 1 N–H and O–H groups in total. The van der Waals surface area contributed by atoms with Gasteiger partial charge >= 0.3 is 0 Å². The lowest BCUT2D eigenvalue weighted by molar-refractivity contribution is 0.188. The van der Waals surface area contributed by atoms with E-state index in [9.17, 15) is 5.11 Å². The van der Waals surface area contributed by atoms with Crippen molar-refractivity contribution in [3.8, 4) is 0 Å². The molecule has 0 aliphatic carbocycles. The van der Waals surface area contributed by atoms with Crippen LogP contribution in [0.5, 0.6) is 0 Å². The molecule has 0 amide bonds. The number of piperazine rings is 1. The van der Waals surface area contributed by atoms with Crippen molar-refractivity contribution in [2.24, 2.45) is 0 Å². The summed E-state index contributed by atoms with van der Waals surface area (Å²) in [7, 11) is 0. The molecule has 0 aromatic carbocycles. The van der Waals surface area contributed by atoms with Gasteiger partial charge < -0.3 is 10.0 Å². The van der Waals surface area contributed by atoms with Gasteiger partial charge in [-0.05, 0) is 25.1 Å². The molecular weight excluding hydrogens is 278 g/mol. The number of nitrogens with zero attached hydrogens (tertiary/aromatic N) is 5. The van der Waals surface area contributed by atoms with Crippen LogP contribution >= 0.6 is 0 Å². The highest BCUT2D eigenvalue weighted by Gasteiger charge is 2.19. The van der Waals surface area contributed by atoms with Gasteiger partial charge in [0.2, 0.25) is 0 Å². The van der Waals surface area contributed by atoms with Crippen LogP contribution in [0.25, 0.3) is 0 Å². The Morgan fingerprint density at radius 3 is 2.59 bits per heavy atom. The minimum atomic E-state index is -0.634. The second-order valence-electron chi connectivity index (χ2n) is 5.53. The van der Waals surface area contributed by atoms with Crippen LogP contribution in [0.4, 0.5) is 5.82 Å². The highest BCUT2D eigenvalue weighted by Crippen LogP contribution is 2.16. The summed E-state index contributed by atoms with van der Waals surface area (Å²) in [5, 5.41) is 9.59. The molecule has 0 radical (unpaired) electrons. The third-order valence-corrected chi connectivity index (χ3v) is 3.84. The average molecular weight is 299 g/mol. The SMILES string of the molecule is CC(O)c1nccc(N2CCN(Cc3ccccn3)CC2)n1. The number of hydrogen-bond donors (Lipinski definition) is 1. The number of anilines is 1. The zero-order valence-corrected chi connectivity index (χ0v) is 12.8. The van der Waals surface area contributed by atoms with Crippen molar-refractivity contribution in [3.63, 3.8) is 0 Å². The van der Waals surface area contributed by atoms with E-state index in [1.807, 2.05) is 24.4 Å². The van der Waals surface area contributed by atoms with Gasteiger partial charge in [-0.1, -0.05) is 6.07 Å².